The van der Waals surface area contributed by atoms with Crippen molar-refractivity contribution in [3.8, 4) is 0 Å². The molecule has 1 aromatic heterocycles. The average molecular weight is 405 g/mol. The topological polar surface area (TPSA) is 42.4 Å². The molecule has 0 bridgehead atoms. The molecule has 25 heavy (non-hydrogen) atoms. The van der Waals surface area contributed by atoms with Gasteiger partial charge in [0.1, 0.15) is 5.60 Å². The monoisotopic (exact) mass is 404 g/mol. The minimum Gasteiger partial charge on any atom is -0.460 e. The van der Waals surface area contributed by atoms with Gasteiger partial charge in [-0.2, -0.15) is 0 Å². The largest absolute Gasteiger partial charge is 0.460 e. The number of hydrogen-bond acceptors (Lipinski definition) is 4. The van der Waals surface area contributed by atoms with E-state index in [-0.39, 0.29) is 17.8 Å². The van der Waals surface area contributed by atoms with E-state index in [9.17, 15) is 4.79 Å². The molecule has 1 aliphatic heterocycles. The smallest absolute Gasteiger partial charge is 0.309 e. The van der Waals surface area contributed by atoms with Crippen molar-refractivity contribution < 1.29 is 9.53 Å². The molecule has 0 saturated carbocycles. The van der Waals surface area contributed by atoms with Gasteiger partial charge in [-0.3, -0.25) is 9.78 Å². The molecule has 0 aliphatic carbocycles. The second-order valence-corrected chi connectivity index (χ2v) is 8.76. The fourth-order valence-corrected chi connectivity index (χ4v) is 3.82. The third-order valence-electron chi connectivity index (χ3n) is 4.64. The zero-order chi connectivity index (χ0) is 18.2. The SMILES string of the molecule is C[C@@H]1CN(c2ccnc3cc(Br)ccc23)CC[C@@H]1C(=O)OC(C)(C)C. The average Bonchev–Trinajstić information content (AvgIpc) is 2.52. The quantitative estimate of drug-likeness (QED) is 0.673. The van der Waals surface area contributed by atoms with Crippen molar-refractivity contribution in [1.29, 1.82) is 0 Å². The van der Waals surface area contributed by atoms with Crippen LogP contribution in [0.5, 0.6) is 0 Å². The van der Waals surface area contributed by atoms with Gasteiger partial charge in [-0.1, -0.05) is 22.9 Å². The Morgan fingerprint density at radius 1 is 1.32 bits per heavy atom. The van der Waals surface area contributed by atoms with Crippen molar-refractivity contribution in [3.63, 3.8) is 0 Å². The molecule has 134 valence electrons. The van der Waals surface area contributed by atoms with Crippen LogP contribution in [0.1, 0.15) is 34.1 Å². The van der Waals surface area contributed by atoms with E-state index in [0.29, 0.717) is 0 Å². The van der Waals surface area contributed by atoms with Gasteiger partial charge in [0.2, 0.25) is 0 Å². The fourth-order valence-electron chi connectivity index (χ4n) is 3.47. The second-order valence-electron chi connectivity index (χ2n) is 7.84. The Morgan fingerprint density at radius 2 is 2.08 bits per heavy atom. The fraction of sp³-hybridized carbons (Fsp3) is 0.500. The van der Waals surface area contributed by atoms with Crippen molar-refractivity contribution in [2.75, 3.05) is 18.0 Å². The molecular formula is C20H25BrN2O2. The molecule has 5 heteroatoms. The predicted octanol–water partition coefficient (Wildman–Crippen LogP) is 4.80. The molecular weight excluding hydrogens is 380 g/mol. The van der Waals surface area contributed by atoms with Crippen LogP contribution < -0.4 is 4.90 Å². The van der Waals surface area contributed by atoms with E-state index in [0.717, 1.165) is 34.9 Å². The first-order chi connectivity index (χ1) is 11.7. The molecule has 0 unspecified atom stereocenters. The van der Waals surface area contributed by atoms with E-state index in [2.05, 4.69) is 44.9 Å². The highest BCUT2D eigenvalue weighted by Gasteiger charge is 2.34. The Hall–Kier alpha value is -1.62. The molecule has 1 aromatic carbocycles. The first kappa shape index (κ1) is 18.2. The maximum absolute atomic E-state index is 12.5. The lowest BCUT2D eigenvalue weighted by molar-refractivity contribution is -0.162. The van der Waals surface area contributed by atoms with Gasteiger partial charge in [-0.05, 0) is 57.4 Å². The van der Waals surface area contributed by atoms with Gasteiger partial charge >= 0.3 is 5.97 Å². The van der Waals surface area contributed by atoms with Crippen LogP contribution in [0.4, 0.5) is 5.69 Å². The molecule has 0 radical (unpaired) electrons. The van der Waals surface area contributed by atoms with Crippen LogP contribution in [-0.2, 0) is 9.53 Å². The second kappa shape index (κ2) is 6.94. The van der Waals surface area contributed by atoms with E-state index in [1.807, 2.05) is 39.1 Å². The molecule has 0 spiro atoms. The van der Waals surface area contributed by atoms with E-state index < -0.39 is 5.60 Å². The van der Waals surface area contributed by atoms with Gasteiger partial charge < -0.3 is 9.64 Å². The Morgan fingerprint density at radius 3 is 2.76 bits per heavy atom. The number of hydrogen-bond donors (Lipinski definition) is 0. The van der Waals surface area contributed by atoms with Crippen LogP contribution in [-0.4, -0.2) is 29.6 Å². The summed E-state index contributed by atoms with van der Waals surface area (Å²) in [5.41, 5.74) is 1.74. The molecule has 1 fully saturated rings. The third-order valence-corrected chi connectivity index (χ3v) is 5.13. The highest BCUT2D eigenvalue weighted by molar-refractivity contribution is 9.10. The highest BCUT2D eigenvalue weighted by atomic mass is 79.9. The standard InChI is InChI=1S/C20H25BrN2O2/c1-13-12-23(10-8-15(13)19(24)25-20(2,3)4)18-7-9-22-17-11-14(21)5-6-16(17)18/h5-7,9,11,13,15H,8,10,12H2,1-4H3/t13-,15+/m1/s1. The third kappa shape index (κ3) is 4.14. The van der Waals surface area contributed by atoms with Gasteiger partial charge in [0.25, 0.3) is 0 Å². The summed E-state index contributed by atoms with van der Waals surface area (Å²) in [4.78, 5) is 19.3. The maximum Gasteiger partial charge on any atom is 0.309 e. The van der Waals surface area contributed by atoms with E-state index in [1.54, 1.807) is 0 Å². The van der Waals surface area contributed by atoms with Crippen LogP contribution in [0.25, 0.3) is 10.9 Å². The summed E-state index contributed by atoms with van der Waals surface area (Å²) in [6.45, 7) is 9.60. The number of carbonyl (C=O) groups excluding carboxylic acids is 1. The highest BCUT2D eigenvalue weighted by Crippen LogP contribution is 2.33. The minimum atomic E-state index is -0.428. The summed E-state index contributed by atoms with van der Waals surface area (Å²) in [5, 5.41) is 1.15. The minimum absolute atomic E-state index is 0.0299. The Labute approximate surface area is 157 Å². The summed E-state index contributed by atoms with van der Waals surface area (Å²) in [5.74, 6) is 0.156. The molecule has 2 aromatic rings. The van der Waals surface area contributed by atoms with Crippen LogP contribution >= 0.6 is 15.9 Å². The number of anilines is 1. The van der Waals surface area contributed by atoms with Gasteiger partial charge in [0.15, 0.2) is 0 Å². The van der Waals surface area contributed by atoms with Gasteiger partial charge in [0.05, 0.1) is 11.4 Å². The number of benzene rings is 1. The Bertz CT molecular complexity index is 785. The van der Waals surface area contributed by atoms with Gasteiger partial charge in [-0.25, -0.2) is 0 Å². The summed E-state index contributed by atoms with van der Waals surface area (Å²) in [6, 6.07) is 8.25. The summed E-state index contributed by atoms with van der Waals surface area (Å²) in [7, 11) is 0. The van der Waals surface area contributed by atoms with Crippen molar-refractivity contribution in [1.82, 2.24) is 4.98 Å². The lowest BCUT2D eigenvalue weighted by Gasteiger charge is -2.38. The number of rotatable bonds is 2. The zero-order valence-electron chi connectivity index (χ0n) is 15.3. The first-order valence-corrected chi connectivity index (χ1v) is 9.56. The number of fused-ring (bicyclic) bond motifs is 1. The number of piperidine rings is 1. The van der Waals surface area contributed by atoms with Crippen LogP contribution in [0.2, 0.25) is 0 Å². The summed E-state index contributed by atoms with van der Waals surface area (Å²) >= 11 is 3.51. The maximum atomic E-state index is 12.5. The number of pyridine rings is 1. The number of nitrogens with zero attached hydrogens (tertiary/aromatic N) is 2. The van der Waals surface area contributed by atoms with Crippen molar-refractivity contribution in [2.24, 2.45) is 11.8 Å². The number of halogens is 1. The molecule has 3 rings (SSSR count). The number of ether oxygens (including phenoxy) is 1. The predicted molar refractivity (Wildman–Crippen MR) is 105 cm³/mol. The number of esters is 1. The van der Waals surface area contributed by atoms with Crippen LogP contribution in [0.3, 0.4) is 0 Å². The zero-order valence-corrected chi connectivity index (χ0v) is 16.8. The molecule has 1 saturated heterocycles. The van der Waals surface area contributed by atoms with E-state index >= 15 is 0 Å². The van der Waals surface area contributed by atoms with Crippen molar-refractivity contribution in [3.05, 3.63) is 34.9 Å². The van der Waals surface area contributed by atoms with E-state index in [4.69, 9.17) is 4.74 Å². The number of aromatic nitrogens is 1. The number of carbonyl (C=O) groups is 1. The molecule has 4 nitrogen and oxygen atoms in total. The molecule has 2 atom stereocenters. The molecule has 0 N–H and O–H groups in total. The normalized spacial score (nSPS) is 21.4. The molecule has 0 amide bonds. The van der Waals surface area contributed by atoms with Crippen LogP contribution in [0.15, 0.2) is 34.9 Å². The lowest BCUT2D eigenvalue weighted by Crippen LogP contribution is -2.44. The summed E-state index contributed by atoms with van der Waals surface area (Å²) in [6.07, 6.45) is 2.67. The Kier molecular flexibility index (Phi) is 5.05. The van der Waals surface area contributed by atoms with Gasteiger partial charge in [0, 0.05) is 34.8 Å². The van der Waals surface area contributed by atoms with E-state index in [1.165, 1.54) is 5.69 Å². The molecule has 1 aliphatic rings. The van der Waals surface area contributed by atoms with Crippen molar-refractivity contribution in [2.45, 2.75) is 39.7 Å². The lowest BCUT2D eigenvalue weighted by atomic mass is 9.86. The first-order valence-electron chi connectivity index (χ1n) is 8.77. The van der Waals surface area contributed by atoms with Crippen LogP contribution in [0, 0.1) is 11.8 Å². The Balaban J connectivity index is 1.79. The van der Waals surface area contributed by atoms with Crippen molar-refractivity contribution >= 4 is 38.5 Å². The van der Waals surface area contributed by atoms with Gasteiger partial charge in [-0.15, -0.1) is 0 Å². The molecule has 2 heterocycles. The summed E-state index contributed by atoms with van der Waals surface area (Å²) < 4.78 is 6.63.